The van der Waals surface area contributed by atoms with Gasteiger partial charge in [-0.3, -0.25) is 0 Å². The van der Waals surface area contributed by atoms with Crippen molar-refractivity contribution in [1.82, 2.24) is 5.32 Å². The smallest absolute Gasteiger partial charge is 0.309 e. The molecule has 2 rings (SSSR count). The van der Waals surface area contributed by atoms with Crippen LogP contribution >= 0.6 is 11.6 Å². The summed E-state index contributed by atoms with van der Waals surface area (Å²) < 4.78 is 51.0. The Morgan fingerprint density at radius 3 is 2.38 bits per heavy atom. The summed E-state index contributed by atoms with van der Waals surface area (Å²) in [6.07, 6.45) is -4.56. The molecule has 0 bridgehead atoms. The molecule has 21 heavy (non-hydrogen) atoms. The SMILES string of the molecule is Fc1cc(CNCc2ccccc2Cl)cc(C(F)(F)F)c1. The van der Waals surface area contributed by atoms with E-state index in [9.17, 15) is 17.6 Å². The second-order valence-electron chi connectivity index (χ2n) is 4.54. The Labute approximate surface area is 124 Å². The molecule has 0 aromatic heterocycles. The number of nitrogens with one attached hydrogen (secondary N) is 1. The Kier molecular flexibility index (Phi) is 4.85. The fourth-order valence-electron chi connectivity index (χ4n) is 1.90. The van der Waals surface area contributed by atoms with Gasteiger partial charge in [0, 0.05) is 18.1 Å². The largest absolute Gasteiger partial charge is 0.416 e. The van der Waals surface area contributed by atoms with Crippen molar-refractivity contribution in [3.8, 4) is 0 Å². The fraction of sp³-hybridized carbons (Fsp3) is 0.200. The molecule has 0 aliphatic rings. The van der Waals surface area contributed by atoms with Gasteiger partial charge in [-0.15, -0.1) is 0 Å². The molecule has 2 aromatic rings. The molecule has 112 valence electrons. The van der Waals surface area contributed by atoms with Crippen LogP contribution in [0.4, 0.5) is 17.6 Å². The summed E-state index contributed by atoms with van der Waals surface area (Å²) in [6.45, 7) is 0.504. The molecule has 0 spiro atoms. The van der Waals surface area contributed by atoms with Gasteiger partial charge in [-0.1, -0.05) is 29.8 Å². The normalized spacial score (nSPS) is 11.7. The Bertz CT molecular complexity index is 625. The maximum Gasteiger partial charge on any atom is 0.416 e. The molecule has 0 fully saturated rings. The van der Waals surface area contributed by atoms with Crippen LogP contribution in [0.25, 0.3) is 0 Å². The first kappa shape index (κ1) is 15.8. The van der Waals surface area contributed by atoms with Gasteiger partial charge in [0.2, 0.25) is 0 Å². The molecular formula is C15H12ClF4N. The van der Waals surface area contributed by atoms with Crippen LogP contribution < -0.4 is 5.32 Å². The zero-order chi connectivity index (χ0) is 15.5. The van der Waals surface area contributed by atoms with Gasteiger partial charge in [0.15, 0.2) is 0 Å². The number of alkyl halides is 3. The summed E-state index contributed by atoms with van der Waals surface area (Å²) >= 11 is 5.97. The van der Waals surface area contributed by atoms with E-state index in [-0.39, 0.29) is 12.1 Å². The maximum atomic E-state index is 13.2. The van der Waals surface area contributed by atoms with Crippen LogP contribution in [-0.4, -0.2) is 0 Å². The number of benzene rings is 2. The summed E-state index contributed by atoms with van der Waals surface area (Å²) in [7, 11) is 0. The highest BCUT2D eigenvalue weighted by atomic mass is 35.5. The molecule has 0 amide bonds. The van der Waals surface area contributed by atoms with Gasteiger partial charge < -0.3 is 5.32 Å². The van der Waals surface area contributed by atoms with Gasteiger partial charge in [-0.2, -0.15) is 13.2 Å². The van der Waals surface area contributed by atoms with E-state index in [0.717, 1.165) is 17.7 Å². The van der Waals surface area contributed by atoms with Gasteiger partial charge in [-0.05, 0) is 35.4 Å². The van der Waals surface area contributed by atoms with Gasteiger partial charge in [-0.25, -0.2) is 4.39 Å². The molecular weight excluding hydrogens is 306 g/mol. The Hall–Kier alpha value is -1.59. The minimum Gasteiger partial charge on any atom is -0.309 e. The van der Waals surface area contributed by atoms with Gasteiger partial charge >= 0.3 is 6.18 Å². The number of hydrogen-bond acceptors (Lipinski definition) is 1. The van der Waals surface area contributed by atoms with Crippen LogP contribution in [0.3, 0.4) is 0 Å². The van der Waals surface area contributed by atoms with Crippen molar-refractivity contribution in [3.05, 3.63) is 70.0 Å². The quantitative estimate of drug-likeness (QED) is 0.800. The van der Waals surface area contributed by atoms with Crippen molar-refractivity contribution in [3.63, 3.8) is 0 Å². The van der Waals surface area contributed by atoms with Crippen molar-refractivity contribution < 1.29 is 17.6 Å². The van der Waals surface area contributed by atoms with Crippen molar-refractivity contribution in [2.45, 2.75) is 19.3 Å². The van der Waals surface area contributed by atoms with E-state index >= 15 is 0 Å². The van der Waals surface area contributed by atoms with Crippen LogP contribution in [0.15, 0.2) is 42.5 Å². The van der Waals surface area contributed by atoms with E-state index in [1.165, 1.54) is 0 Å². The summed E-state index contributed by atoms with van der Waals surface area (Å²) in [5.41, 5.74) is 0.0676. The van der Waals surface area contributed by atoms with E-state index in [0.29, 0.717) is 17.6 Å². The molecule has 0 unspecified atom stereocenters. The lowest BCUT2D eigenvalue weighted by Gasteiger charge is -2.11. The van der Waals surface area contributed by atoms with E-state index < -0.39 is 17.6 Å². The highest BCUT2D eigenvalue weighted by Gasteiger charge is 2.31. The van der Waals surface area contributed by atoms with Crippen molar-refractivity contribution >= 4 is 11.6 Å². The zero-order valence-corrected chi connectivity index (χ0v) is 11.6. The van der Waals surface area contributed by atoms with Gasteiger partial charge in [0.05, 0.1) is 5.56 Å². The number of rotatable bonds is 4. The first-order valence-corrected chi connectivity index (χ1v) is 6.55. The predicted molar refractivity (Wildman–Crippen MR) is 73.4 cm³/mol. The van der Waals surface area contributed by atoms with Crippen LogP contribution in [0.5, 0.6) is 0 Å². The van der Waals surface area contributed by atoms with Crippen molar-refractivity contribution in [2.75, 3.05) is 0 Å². The summed E-state index contributed by atoms with van der Waals surface area (Å²) in [4.78, 5) is 0. The second kappa shape index (κ2) is 6.45. The van der Waals surface area contributed by atoms with E-state index in [1.54, 1.807) is 12.1 Å². The minimum atomic E-state index is -4.56. The molecule has 0 radical (unpaired) electrons. The summed E-state index contributed by atoms with van der Waals surface area (Å²) in [5, 5.41) is 3.52. The van der Waals surface area contributed by atoms with Crippen LogP contribution in [0.1, 0.15) is 16.7 Å². The lowest BCUT2D eigenvalue weighted by Crippen LogP contribution is -2.14. The van der Waals surface area contributed by atoms with Crippen molar-refractivity contribution in [2.24, 2.45) is 0 Å². The maximum absolute atomic E-state index is 13.2. The van der Waals surface area contributed by atoms with E-state index in [2.05, 4.69) is 5.32 Å². The molecule has 0 aliphatic carbocycles. The summed E-state index contributed by atoms with van der Waals surface area (Å²) in [5.74, 6) is -0.903. The number of hydrogen-bond donors (Lipinski definition) is 1. The minimum absolute atomic E-state index is 0.117. The fourth-order valence-corrected chi connectivity index (χ4v) is 2.10. The van der Waals surface area contributed by atoms with Crippen LogP contribution in [-0.2, 0) is 19.3 Å². The van der Waals surface area contributed by atoms with Gasteiger partial charge in [0.25, 0.3) is 0 Å². The Balaban J connectivity index is 2.04. The molecule has 1 N–H and O–H groups in total. The average Bonchev–Trinajstić information content (AvgIpc) is 2.39. The van der Waals surface area contributed by atoms with Crippen molar-refractivity contribution in [1.29, 1.82) is 0 Å². The Morgan fingerprint density at radius 1 is 1.00 bits per heavy atom. The van der Waals surface area contributed by atoms with Gasteiger partial charge in [0.1, 0.15) is 5.82 Å². The standard InChI is InChI=1S/C15H12ClF4N/c16-14-4-2-1-3-11(14)9-21-8-10-5-12(15(18,19)20)7-13(17)6-10/h1-7,21H,8-9H2. The first-order chi connectivity index (χ1) is 9.86. The second-order valence-corrected chi connectivity index (χ2v) is 4.95. The zero-order valence-electron chi connectivity index (χ0n) is 10.8. The topological polar surface area (TPSA) is 12.0 Å². The lowest BCUT2D eigenvalue weighted by molar-refractivity contribution is -0.137. The monoisotopic (exact) mass is 317 g/mol. The number of halogens is 5. The lowest BCUT2D eigenvalue weighted by atomic mass is 10.1. The van der Waals surface area contributed by atoms with E-state index in [1.807, 2.05) is 12.1 Å². The molecule has 0 aliphatic heterocycles. The molecule has 0 saturated heterocycles. The highest BCUT2D eigenvalue weighted by molar-refractivity contribution is 6.31. The summed E-state index contributed by atoms with van der Waals surface area (Å²) in [6, 6.07) is 9.63. The molecule has 6 heteroatoms. The van der Waals surface area contributed by atoms with Crippen LogP contribution in [0.2, 0.25) is 5.02 Å². The third-order valence-electron chi connectivity index (χ3n) is 2.89. The third-order valence-corrected chi connectivity index (χ3v) is 3.26. The third kappa shape index (κ3) is 4.44. The molecule has 2 aromatic carbocycles. The van der Waals surface area contributed by atoms with Crippen LogP contribution in [0, 0.1) is 5.82 Å². The highest BCUT2D eigenvalue weighted by Crippen LogP contribution is 2.30. The average molecular weight is 318 g/mol. The first-order valence-electron chi connectivity index (χ1n) is 6.17. The molecule has 0 heterocycles. The predicted octanol–water partition coefficient (Wildman–Crippen LogP) is 4.79. The molecule has 1 nitrogen and oxygen atoms in total. The molecule has 0 saturated carbocycles. The van der Waals surface area contributed by atoms with E-state index in [4.69, 9.17) is 11.6 Å². The molecule has 0 atom stereocenters. The Morgan fingerprint density at radius 2 is 1.71 bits per heavy atom.